The molecule has 0 radical (unpaired) electrons. The molecule has 0 aliphatic rings. The molecule has 0 unspecified atom stereocenters. The predicted molar refractivity (Wildman–Crippen MR) is 160 cm³/mol. The zero-order valence-corrected chi connectivity index (χ0v) is 24.3. The van der Waals surface area contributed by atoms with Gasteiger partial charge in [0.05, 0.1) is 25.3 Å². The van der Waals surface area contributed by atoms with Crippen LogP contribution in [0.15, 0.2) is 83.9 Å². The van der Waals surface area contributed by atoms with Crippen LogP contribution in [-0.2, 0) is 7.05 Å². The van der Waals surface area contributed by atoms with Crippen molar-refractivity contribution in [3.8, 4) is 34.1 Å². The normalized spacial score (nSPS) is 11.6. The number of pyridine rings is 1. The van der Waals surface area contributed by atoms with E-state index in [9.17, 15) is 9.59 Å². The summed E-state index contributed by atoms with van der Waals surface area (Å²) in [5, 5.41) is 3.51. The second-order valence-corrected chi connectivity index (χ2v) is 9.86. The van der Waals surface area contributed by atoms with Crippen LogP contribution in [0.4, 0.5) is 9.18 Å². The van der Waals surface area contributed by atoms with Gasteiger partial charge in [0.15, 0.2) is 23.1 Å². The maximum Gasteiger partial charge on any atom is 0.317 e. The van der Waals surface area contributed by atoms with E-state index in [0.29, 0.717) is 39.5 Å². The van der Waals surface area contributed by atoms with Crippen molar-refractivity contribution in [3.05, 3.63) is 107 Å². The summed E-state index contributed by atoms with van der Waals surface area (Å²) in [5.74, 6) is 0.966. The van der Waals surface area contributed by atoms with Gasteiger partial charge in [-0.05, 0) is 35.4 Å². The summed E-state index contributed by atoms with van der Waals surface area (Å²) in [5.41, 5.74) is 1.44. The first-order valence-electron chi connectivity index (χ1n) is 13.3. The van der Waals surface area contributed by atoms with Crippen LogP contribution >= 0.6 is 0 Å². The van der Waals surface area contributed by atoms with Gasteiger partial charge in [0.2, 0.25) is 0 Å². The van der Waals surface area contributed by atoms with Gasteiger partial charge in [-0.2, -0.15) is 0 Å². The number of amides is 2. The Morgan fingerprint density at radius 1 is 0.930 bits per heavy atom. The highest BCUT2D eigenvalue weighted by molar-refractivity contribution is 5.88. The summed E-state index contributed by atoms with van der Waals surface area (Å²) in [6.45, 7) is 0. The number of rotatable bonds is 8. The molecule has 3 aromatic carbocycles. The summed E-state index contributed by atoms with van der Waals surface area (Å²) in [6.07, 6.45) is 2.94. The average molecular weight is 584 g/mol. The molecule has 2 amide bonds. The fourth-order valence-corrected chi connectivity index (χ4v) is 4.62. The molecule has 220 valence electrons. The first kappa shape index (κ1) is 29.1. The number of halogens is 1. The van der Waals surface area contributed by atoms with Gasteiger partial charge in [-0.1, -0.05) is 36.4 Å². The molecule has 0 fully saturated rings. The highest BCUT2D eigenvalue weighted by Gasteiger charge is 2.23. The number of urea groups is 1. The van der Waals surface area contributed by atoms with Crippen LogP contribution in [0.3, 0.4) is 0 Å². The van der Waals surface area contributed by atoms with E-state index in [1.54, 1.807) is 51.6 Å². The van der Waals surface area contributed by atoms with E-state index in [0.717, 1.165) is 5.56 Å². The summed E-state index contributed by atoms with van der Waals surface area (Å²) >= 11 is 0. The van der Waals surface area contributed by atoms with Crippen LogP contribution in [0, 0.1) is 5.82 Å². The minimum absolute atomic E-state index is 0.0389. The Hall–Kier alpha value is -5.45. The topological polar surface area (TPSA) is 108 Å². The van der Waals surface area contributed by atoms with Crippen molar-refractivity contribution in [2.45, 2.75) is 6.04 Å². The molecule has 2 aromatic heterocycles. The number of carbonyl (C=O) groups excluding carboxylic acids is 1. The molecule has 0 saturated carbocycles. The molecule has 0 aliphatic carbocycles. The zero-order chi connectivity index (χ0) is 30.7. The third-order valence-electron chi connectivity index (χ3n) is 6.94. The first-order chi connectivity index (χ1) is 20.7. The third kappa shape index (κ3) is 5.82. The number of carbonyl (C=O) groups is 1. The van der Waals surface area contributed by atoms with Crippen molar-refractivity contribution in [2.24, 2.45) is 7.05 Å². The van der Waals surface area contributed by atoms with E-state index in [1.165, 1.54) is 42.0 Å². The Kier molecular flexibility index (Phi) is 8.24. The van der Waals surface area contributed by atoms with Crippen LogP contribution in [0.5, 0.6) is 23.0 Å². The fourth-order valence-electron chi connectivity index (χ4n) is 4.62. The average Bonchev–Trinajstić information content (AvgIpc) is 3.02. The zero-order valence-electron chi connectivity index (χ0n) is 24.3. The van der Waals surface area contributed by atoms with E-state index < -0.39 is 17.4 Å². The van der Waals surface area contributed by atoms with Crippen molar-refractivity contribution in [2.75, 3.05) is 28.3 Å². The van der Waals surface area contributed by atoms with Gasteiger partial charge in [-0.15, -0.1) is 0 Å². The molecule has 1 atom stereocenters. The largest absolute Gasteiger partial charge is 0.493 e. The second-order valence-electron chi connectivity index (χ2n) is 9.86. The number of benzene rings is 3. The Labute approximate surface area is 247 Å². The van der Waals surface area contributed by atoms with Gasteiger partial charge in [-0.25, -0.2) is 14.2 Å². The Bertz CT molecular complexity index is 1860. The Morgan fingerprint density at radius 2 is 1.65 bits per heavy atom. The van der Waals surface area contributed by atoms with Gasteiger partial charge in [0.25, 0.3) is 5.56 Å². The molecule has 43 heavy (non-hydrogen) atoms. The molecule has 5 rings (SSSR count). The van der Waals surface area contributed by atoms with E-state index in [-0.39, 0.29) is 17.3 Å². The smallest absolute Gasteiger partial charge is 0.317 e. The molecular weight excluding hydrogens is 553 g/mol. The van der Waals surface area contributed by atoms with E-state index in [2.05, 4.69) is 15.3 Å². The standard InChI is InChI=1S/C32H30FN5O5/c1-37(2)32(40)36-29(19-9-7-6-8-10-19)30-35-18-22(31(39)38(30)3)20-11-12-26(23(33)15-20)43-25-13-14-34-24-17-28(42-5)27(41-4)16-21(24)25/h6-18,29H,1-5H3,(H,36,40)/t29-/m0/s1. The molecule has 0 bridgehead atoms. The van der Waals surface area contributed by atoms with E-state index >= 15 is 4.39 Å². The van der Waals surface area contributed by atoms with Crippen molar-refractivity contribution in [1.82, 2.24) is 24.8 Å². The van der Waals surface area contributed by atoms with Crippen LogP contribution in [-0.4, -0.2) is 53.8 Å². The summed E-state index contributed by atoms with van der Waals surface area (Å²) < 4.78 is 33.4. The van der Waals surface area contributed by atoms with E-state index in [1.807, 2.05) is 30.3 Å². The van der Waals surface area contributed by atoms with Crippen LogP contribution in [0.1, 0.15) is 17.4 Å². The molecule has 0 spiro atoms. The quantitative estimate of drug-likeness (QED) is 0.264. The second kappa shape index (κ2) is 12.2. The summed E-state index contributed by atoms with van der Waals surface area (Å²) in [4.78, 5) is 36.3. The number of hydrogen-bond acceptors (Lipinski definition) is 7. The maximum atomic E-state index is 15.4. The summed E-state index contributed by atoms with van der Waals surface area (Å²) in [6, 6.07) is 17.5. The number of aromatic nitrogens is 3. The molecule has 5 aromatic rings. The molecule has 2 heterocycles. The lowest BCUT2D eigenvalue weighted by Crippen LogP contribution is -2.40. The maximum absolute atomic E-state index is 15.4. The van der Waals surface area contributed by atoms with Crippen molar-refractivity contribution in [3.63, 3.8) is 0 Å². The number of nitrogens with one attached hydrogen (secondary N) is 1. The molecule has 0 saturated heterocycles. The highest BCUT2D eigenvalue weighted by Crippen LogP contribution is 2.37. The fraction of sp³-hybridized carbons (Fsp3) is 0.188. The van der Waals surface area contributed by atoms with Gasteiger partial charge in [0.1, 0.15) is 17.6 Å². The van der Waals surface area contributed by atoms with Crippen molar-refractivity contribution >= 4 is 16.9 Å². The van der Waals surface area contributed by atoms with Crippen LogP contribution < -0.4 is 25.1 Å². The summed E-state index contributed by atoms with van der Waals surface area (Å²) in [7, 11) is 7.87. The first-order valence-corrected chi connectivity index (χ1v) is 13.3. The number of ether oxygens (including phenoxy) is 3. The lowest BCUT2D eigenvalue weighted by molar-refractivity contribution is 0.214. The molecule has 0 aliphatic heterocycles. The van der Waals surface area contributed by atoms with Gasteiger partial charge in [0, 0.05) is 45.0 Å². The SMILES string of the molecule is COc1cc2nccc(Oc3ccc(-c4cnc([C@@H](NC(=O)N(C)C)c5ccccc5)n(C)c4=O)cc3F)c2cc1OC. The highest BCUT2D eigenvalue weighted by atomic mass is 19.1. The minimum Gasteiger partial charge on any atom is -0.493 e. The Balaban J connectivity index is 1.48. The van der Waals surface area contributed by atoms with Gasteiger partial charge >= 0.3 is 6.03 Å². The predicted octanol–water partition coefficient (Wildman–Crippen LogP) is 5.30. The minimum atomic E-state index is -0.691. The number of hydrogen-bond donors (Lipinski definition) is 1. The monoisotopic (exact) mass is 583 g/mol. The third-order valence-corrected chi connectivity index (χ3v) is 6.94. The number of fused-ring (bicyclic) bond motifs is 1. The van der Waals surface area contributed by atoms with Crippen LogP contribution in [0.2, 0.25) is 0 Å². The number of methoxy groups -OCH3 is 2. The van der Waals surface area contributed by atoms with Gasteiger partial charge < -0.3 is 24.4 Å². The lowest BCUT2D eigenvalue weighted by Gasteiger charge is -2.23. The van der Waals surface area contributed by atoms with Crippen molar-refractivity contribution < 1.29 is 23.4 Å². The van der Waals surface area contributed by atoms with Crippen LogP contribution in [0.25, 0.3) is 22.0 Å². The lowest BCUT2D eigenvalue weighted by atomic mass is 10.0. The number of nitrogens with zero attached hydrogens (tertiary/aromatic N) is 4. The van der Waals surface area contributed by atoms with Crippen molar-refractivity contribution in [1.29, 1.82) is 0 Å². The Morgan fingerprint density at radius 3 is 2.33 bits per heavy atom. The molecule has 11 heteroatoms. The van der Waals surface area contributed by atoms with Gasteiger partial charge in [-0.3, -0.25) is 14.3 Å². The molecular formula is C32H30FN5O5. The molecule has 1 N–H and O–H groups in total. The molecule has 10 nitrogen and oxygen atoms in total. The van der Waals surface area contributed by atoms with E-state index in [4.69, 9.17) is 14.2 Å².